The van der Waals surface area contributed by atoms with E-state index in [1.165, 1.54) is 79.7 Å². The predicted molar refractivity (Wildman–Crippen MR) is 212 cm³/mol. The first kappa shape index (κ1) is 33.0. The van der Waals surface area contributed by atoms with Crippen LogP contribution in [0.15, 0.2) is 78.7 Å². The molecule has 2 bridgehead atoms. The van der Waals surface area contributed by atoms with E-state index in [0.29, 0.717) is 6.42 Å². The normalized spacial score (nSPS) is 20.8. The predicted octanol–water partition coefficient (Wildman–Crippen LogP) is 9.62. The number of nitrogens with zero attached hydrogens (tertiary/aromatic N) is 4. The number of hydrogen-bond donors (Lipinski definition) is 2. The summed E-state index contributed by atoms with van der Waals surface area (Å²) in [6.07, 6.45) is 11.4. The van der Waals surface area contributed by atoms with E-state index < -0.39 is 0 Å². The average molecular weight is 709 g/mol. The number of nitrogens with one attached hydrogen (secondary N) is 2. The summed E-state index contributed by atoms with van der Waals surface area (Å²) in [7, 11) is 1.94. The van der Waals surface area contributed by atoms with Gasteiger partial charge in [0.25, 0.3) is 0 Å². The molecule has 4 aliphatic heterocycles. The van der Waals surface area contributed by atoms with Gasteiger partial charge in [0.05, 0.1) is 27.3 Å². The van der Waals surface area contributed by atoms with Gasteiger partial charge in [-0.25, -0.2) is 9.37 Å². The first-order valence-corrected chi connectivity index (χ1v) is 19.5. The van der Waals surface area contributed by atoms with Gasteiger partial charge in [-0.3, -0.25) is 10.4 Å². The van der Waals surface area contributed by atoms with E-state index in [4.69, 9.17) is 16.7 Å². The number of hydrazone groups is 1. The molecule has 2 saturated heterocycles. The third kappa shape index (κ3) is 5.37. The average Bonchev–Trinajstić information content (AvgIpc) is 3.95. The van der Waals surface area contributed by atoms with Crippen LogP contribution < -0.4 is 10.7 Å². The molecule has 11 rings (SSSR count). The fourth-order valence-corrected chi connectivity index (χ4v) is 10.6. The molecule has 52 heavy (non-hydrogen) atoms. The van der Waals surface area contributed by atoms with Gasteiger partial charge in [-0.2, -0.15) is 5.10 Å². The fourth-order valence-electron chi connectivity index (χ4n) is 9.39. The van der Waals surface area contributed by atoms with Crippen LogP contribution in [0, 0.1) is 25.6 Å². The Labute approximate surface area is 309 Å². The van der Waals surface area contributed by atoms with Crippen molar-refractivity contribution in [2.24, 2.45) is 11.0 Å². The van der Waals surface area contributed by atoms with Crippen molar-refractivity contribution in [2.75, 3.05) is 18.9 Å². The highest BCUT2D eigenvalue weighted by Gasteiger charge is 2.63. The van der Waals surface area contributed by atoms with Crippen LogP contribution in [0.5, 0.6) is 0 Å². The molecule has 3 fully saturated rings. The van der Waals surface area contributed by atoms with Crippen molar-refractivity contribution in [3.63, 3.8) is 0 Å². The van der Waals surface area contributed by atoms with E-state index in [0.717, 1.165) is 77.9 Å². The topological polar surface area (TPSA) is 65.4 Å². The SMILES string of the molecule is C=C1CC(c2c(CCc3ccc(C)cc3)nc3c(c2-c2cc4ccnc(NC)c4s2)C(=C)N2CC4CC32C4)=NN1.Cc1cc(F)cc2c1CCCC2. The molecule has 2 N–H and O–H groups in total. The minimum atomic E-state index is -0.0758. The Morgan fingerprint density at radius 1 is 1.00 bits per heavy atom. The molecule has 7 heterocycles. The van der Waals surface area contributed by atoms with Crippen LogP contribution in [-0.2, 0) is 31.2 Å². The van der Waals surface area contributed by atoms with Crippen molar-refractivity contribution in [3.8, 4) is 10.4 Å². The van der Waals surface area contributed by atoms with Crippen molar-refractivity contribution in [3.05, 3.63) is 130 Å². The van der Waals surface area contributed by atoms with Gasteiger partial charge >= 0.3 is 0 Å². The van der Waals surface area contributed by atoms with Crippen LogP contribution in [0.1, 0.15) is 82.4 Å². The van der Waals surface area contributed by atoms with Crippen molar-refractivity contribution < 1.29 is 4.39 Å². The minimum absolute atomic E-state index is 0.0106. The van der Waals surface area contributed by atoms with Crippen LogP contribution >= 0.6 is 11.3 Å². The smallest absolute Gasteiger partial charge is 0.143 e. The lowest BCUT2D eigenvalue weighted by Gasteiger charge is -2.38. The largest absolute Gasteiger partial charge is 0.372 e. The number of benzene rings is 2. The number of rotatable bonds is 6. The van der Waals surface area contributed by atoms with E-state index in [9.17, 15) is 4.39 Å². The molecule has 0 atom stereocenters. The molecule has 0 radical (unpaired) electrons. The maximum Gasteiger partial charge on any atom is 0.143 e. The lowest BCUT2D eigenvalue weighted by Crippen LogP contribution is -2.38. The molecule has 6 nitrogen and oxygen atoms in total. The molecule has 8 heteroatoms. The molecule has 1 saturated carbocycles. The van der Waals surface area contributed by atoms with Crippen molar-refractivity contribution in [1.82, 2.24) is 20.3 Å². The number of aryl methyl sites for hydroxylation is 5. The molecule has 6 aliphatic rings. The number of anilines is 1. The van der Waals surface area contributed by atoms with E-state index >= 15 is 0 Å². The maximum absolute atomic E-state index is 13.0. The maximum atomic E-state index is 13.0. The highest BCUT2D eigenvalue weighted by Crippen LogP contribution is 2.65. The Morgan fingerprint density at radius 2 is 1.81 bits per heavy atom. The number of fused-ring (bicyclic) bond motifs is 3. The Bertz CT molecular complexity index is 2310. The highest BCUT2D eigenvalue weighted by molar-refractivity contribution is 7.22. The number of allylic oxidation sites excluding steroid dienone is 1. The number of thiophene rings is 1. The van der Waals surface area contributed by atoms with Crippen LogP contribution in [0.3, 0.4) is 0 Å². The van der Waals surface area contributed by atoms with Crippen LogP contribution in [0.25, 0.3) is 26.2 Å². The molecule has 2 aromatic carbocycles. The number of aromatic nitrogens is 2. The first-order valence-electron chi connectivity index (χ1n) is 18.7. The van der Waals surface area contributed by atoms with Crippen LogP contribution in [0.2, 0.25) is 0 Å². The Hall–Kier alpha value is -4.82. The van der Waals surface area contributed by atoms with Gasteiger partial charge in [-0.05, 0) is 123 Å². The van der Waals surface area contributed by atoms with E-state index in [1.54, 1.807) is 23.5 Å². The Morgan fingerprint density at radius 3 is 2.58 bits per heavy atom. The van der Waals surface area contributed by atoms with Gasteiger partial charge in [0.1, 0.15) is 11.6 Å². The number of hydrogen-bond acceptors (Lipinski definition) is 7. The van der Waals surface area contributed by atoms with Gasteiger partial charge in [0, 0.05) is 59.2 Å². The summed E-state index contributed by atoms with van der Waals surface area (Å²) in [6, 6.07) is 16.7. The summed E-state index contributed by atoms with van der Waals surface area (Å²) in [4.78, 5) is 14.0. The summed E-state index contributed by atoms with van der Waals surface area (Å²) in [5.74, 6) is 1.59. The number of halogens is 1. The van der Waals surface area contributed by atoms with E-state index in [-0.39, 0.29) is 11.4 Å². The molecule has 0 unspecified atom stereocenters. The fraction of sp³-hybridized carbons (Fsp3) is 0.341. The zero-order valence-electron chi connectivity index (χ0n) is 30.3. The lowest BCUT2D eigenvalue weighted by molar-refractivity contribution is 0.162. The van der Waals surface area contributed by atoms with Gasteiger partial charge in [-0.15, -0.1) is 11.3 Å². The van der Waals surface area contributed by atoms with Gasteiger partial charge in [0.15, 0.2) is 0 Å². The summed E-state index contributed by atoms with van der Waals surface area (Å²) in [5, 5.41) is 9.28. The van der Waals surface area contributed by atoms with Crippen molar-refractivity contribution in [2.45, 2.75) is 77.2 Å². The molecule has 1 spiro atoms. The summed E-state index contributed by atoms with van der Waals surface area (Å²) in [5.41, 5.74) is 18.6. The summed E-state index contributed by atoms with van der Waals surface area (Å²) >= 11 is 1.80. The zero-order chi connectivity index (χ0) is 35.7. The number of pyridine rings is 2. The highest BCUT2D eigenvalue weighted by atomic mass is 32.1. The minimum Gasteiger partial charge on any atom is -0.372 e. The molecule has 264 valence electrons. The molecule has 0 amide bonds. The third-order valence-corrected chi connectivity index (χ3v) is 13.1. The Balaban J connectivity index is 0.000000254. The summed E-state index contributed by atoms with van der Waals surface area (Å²) < 4.78 is 14.1. The first-order chi connectivity index (χ1) is 25.2. The lowest BCUT2D eigenvalue weighted by atomic mass is 9.70. The van der Waals surface area contributed by atoms with Crippen LogP contribution in [-0.4, -0.2) is 34.2 Å². The van der Waals surface area contributed by atoms with Crippen LogP contribution in [0.4, 0.5) is 10.2 Å². The molecule has 2 aliphatic carbocycles. The third-order valence-electron chi connectivity index (χ3n) is 11.9. The summed E-state index contributed by atoms with van der Waals surface area (Å²) in [6.45, 7) is 14.1. The Kier molecular flexibility index (Phi) is 8.07. The molecule has 3 aromatic heterocycles. The standard InChI is InChI=1S/C33H32N6S.C11H13F/c1-18-5-7-21(8-6-18)9-10-24-28(25-13-19(2)37-38-25)29(26-14-23-11-12-35-32(34-4)30(23)40-26)27-20(3)39-17-22-15-33(39,16-22)31(27)36-24;1-8-6-10(12)7-9-4-2-3-5-11(8)9/h5-8,11-12,14,22,37H,2-3,9-10,13,15-17H2,1,4H3,(H,34,35);6-7H,2-5H2,1H3. The molecular weight excluding hydrogens is 664 g/mol. The van der Waals surface area contributed by atoms with E-state index in [1.807, 2.05) is 20.2 Å². The van der Waals surface area contributed by atoms with Gasteiger partial charge < -0.3 is 10.2 Å². The second-order valence-electron chi connectivity index (χ2n) is 15.3. The van der Waals surface area contributed by atoms with Crippen molar-refractivity contribution in [1.29, 1.82) is 0 Å². The second-order valence-corrected chi connectivity index (χ2v) is 16.4. The van der Waals surface area contributed by atoms with E-state index in [2.05, 4.69) is 70.5 Å². The van der Waals surface area contributed by atoms with Gasteiger partial charge in [-0.1, -0.05) is 43.0 Å². The quantitative estimate of drug-likeness (QED) is 0.184. The molecule has 5 aromatic rings. The molecular formula is C44H45FN6S. The van der Waals surface area contributed by atoms with Gasteiger partial charge in [0.2, 0.25) is 0 Å². The second kappa shape index (κ2) is 12.7. The zero-order valence-corrected chi connectivity index (χ0v) is 31.2. The monoisotopic (exact) mass is 708 g/mol. The van der Waals surface area contributed by atoms with Crippen molar-refractivity contribution >= 4 is 38.6 Å².